The maximum absolute atomic E-state index is 13.4. The van der Waals surface area contributed by atoms with E-state index < -0.39 is 0 Å². The van der Waals surface area contributed by atoms with E-state index in [-0.39, 0.29) is 5.92 Å². The Bertz CT molecular complexity index is 672. The fraction of sp³-hybridized carbons (Fsp3) is 0.545. The monoisotopic (exact) mass is 334 g/mol. The highest BCUT2D eigenvalue weighted by Crippen LogP contribution is 2.56. The first kappa shape index (κ1) is 16.4. The molecule has 0 spiro atoms. The van der Waals surface area contributed by atoms with Crippen LogP contribution < -0.4 is 0 Å². The third-order valence-electron chi connectivity index (χ3n) is 6.63. The molecule has 1 aromatic carbocycles. The first-order chi connectivity index (χ1) is 12.2. The summed E-state index contributed by atoms with van der Waals surface area (Å²) in [6, 6.07) is 9.72. The molecule has 0 heterocycles. The average molecular weight is 334 g/mol. The molecule has 0 radical (unpaired) electrons. The lowest BCUT2D eigenvalue weighted by Crippen LogP contribution is -2.51. The lowest BCUT2D eigenvalue weighted by Gasteiger charge is -2.54. The highest BCUT2D eigenvalue weighted by Gasteiger charge is 2.51. The molecule has 0 aliphatic heterocycles. The first-order valence-corrected chi connectivity index (χ1v) is 9.56. The molecule has 4 bridgehead atoms. The maximum Gasteiger partial charge on any atom is 0.226 e. The Labute approximate surface area is 150 Å². The summed E-state index contributed by atoms with van der Waals surface area (Å²) < 4.78 is 0. The van der Waals surface area contributed by atoms with Crippen LogP contribution >= 0.6 is 0 Å². The molecule has 4 fully saturated rings. The lowest BCUT2D eigenvalue weighted by molar-refractivity contribution is -0.149. The lowest BCUT2D eigenvalue weighted by atomic mass is 9.51. The largest absolute Gasteiger partial charge is 0.334 e. The van der Waals surface area contributed by atoms with E-state index in [0.717, 1.165) is 17.4 Å². The second-order valence-electron chi connectivity index (χ2n) is 8.27. The van der Waals surface area contributed by atoms with Crippen LogP contribution in [0.5, 0.6) is 0 Å². The third kappa shape index (κ3) is 3.11. The second-order valence-corrected chi connectivity index (χ2v) is 8.27. The molecule has 0 aromatic heterocycles. The molecule has 5 rings (SSSR count). The van der Waals surface area contributed by atoms with Crippen LogP contribution in [0.2, 0.25) is 0 Å². The standard InChI is InChI=1S/C22H26N2O/c1-2-7-24(14-16-5-3-15(13-23)4-6-16)22(25)21-19-9-17-8-18(11-19)12-20(21)10-17/h2-6,17-21H,1,7-12,14H2. The number of nitriles is 1. The minimum atomic E-state index is 0.228. The molecule has 130 valence electrons. The van der Waals surface area contributed by atoms with Crippen LogP contribution in [0.4, 0.5) is 0 Å². The van der Waals surface area contributed by atoms with Gasteiger partial charge in [0.15, 0.2) is 0 Å². The van der Waals surface area contributed by atoms with Crippen molar-refractivity contribution in [2.45, 2.75) is 38.6 Å². The van der Waals surface area contributed by atoms with E-state index >= 15 is 0 Å². The van der Waals surface area contributed by atoms with Gasteiger partial charge in [-0.2, -0.15) is 5.26 Å². The Morgan fingerprint density at radius 3 is 2.24 bits per heavy atom. The number of benzene rings is 1. The van der Waals surface area contributed by atoms with Gasteiger partial charge in [-0.3, -0.25) is 4.79 Å². The van der Waals surface area contributed by atoms with Gasteiger partial charge in [0.05, 0.1) is 11.6 Å². The fourth-order valence-corrected chi connectivity index (χ4v) is 5.83. The summed E-state index contributed by atoms with van der Waals surface area (Å²) in [5, 5.41) is 8.94. The van der Waals surface area contributed by atoms with Gasteiger partial charge in [0.25, 0.3) is 0 Å². The molecular weight excluding hydrogens is 308 g/mol. The van der Waals surface area contributed by atoms with Gasteiger partial charge in [0.2, 0.25) is 5.91 Å². The number of hydrogen-bond acceptors (Lipinski definition) is 2. The van der Waals surface area contributed by atoms with Crippen molar-refractivity contribution >= 4 is 5.91 Å². The molecule has 4 aliphatic carbocycles. The van der Waals surface area contributed by atoms with Crippen LogP contribution in [0.15, 0.2) is 36.9 Å². The van der Waals surface area contributed by atoms with E-state index in [1.165, 1.54) is 32.1 Å². The molecule has 0 saturated heterocycles. The van der Waals surface area contributed by atoms with Crippen molar-refractivity contribution in [2.75, 3.05) is 6.54 Å². The summed E-state index contributed by atoms with van der Waals surface area (Å²) in [5.41, 5.74) is 1.74. The molecule has 0 unspecified atom stereocenters. The normalized spacial score (nSPS) is 32.2. The molecule has 4 saturated carbocycles. The SMILES string of the molecule is C=CCN(Cc1ccc(C#N)cc1)C(=O)C1C2CC3CC(C2)CC1C3. The van der Waals surface area contributed by atoms with Crippen LogP contribution in [0.3, 0.4) is 0 Å². The van der Waals surface area contributed by atoms with Gasteiger partial charge in [-0.25, -0.2) is 0 Å². The Morgan fingerprint density at radius 1 is 1.12 bits per heavy atom. The van der Waals surface area contributed by atoms with Crippen molar-refractivity contribution in [3.63, 3.8) is 0 Å². The minimum Gasteiger partial charge on any atom is -0.334 e. The summed E-state index contributed by atoms with van der Waals surface area (Å²) in [7, 11) is 0. The molecule has 0 N–H and O–H groups in total. The molecule has 4 aliphatic rings. The zero-order valence-electron chi connectivity index (χ0n) is 14.7. The highest BCUT2D eigenvalue weighted by atomic mass is 16.2. The Hall–Kier alpha value is -2.08. The van der Waals surface area contributed by atoms with Crippen LogP contribution in [-0.4, -0.2) is 17.4 Å². The number of rotatable bonds is 5. The van der Waals surface area contributed by atoms with Crippen molar-refractivity contribution < 1.29 is 4.79 Å². The van der Waals surface area contributed by atoms with Gasteiger partial charge in [-0.05, 0) is 73.5 Å². The topological polar surface area (TPSA) is 44.1 Å². The van der Waals surface area contributed by atoms with Crippen LogP contribution in [0, 0.1) is 40.9 Å². The zero-order chi connectivity index (χ0) is 17.4. The van der Waals surface area contributed by atoms with Gasteiger partial charge < -0.3 is 4.90 Å². The number of nitrogens with zero attached hydrogens (tertiary/aromatic N) is 2. The van der Waals surface area contributed by atoms with E-state index in [2.05, 4.69) is 12.6 Å². The van der Waals surface area contributed by atoms with E-state index in [0.29, 0.717) is 36.4 Å². The van der Waals surface area contributed by atoms with Crippen LogP contribution in [0.25, 0.3) is 0 Å². The zero-order valence-corrected chi connectivity index (χ0v) is 14.7. The average Bonchev–Trinajstić information content (AvgIpc) is 2.61. The Morgan fingerprint density at radius 2 is 1.72 bits per heavy atom. The fourth-order valence-electron chi connectivity index (χ4n) is 5.83. The van der Waals surface area contributed by atoms with Gasteiger partial charge in [0, 0.05) is 19.0 Å². The number of amides is 1. The first-order valence-electron chi connectivity index (χ1n) is 9.56. The predicted octanol–water partition coefficient (Wildman–Crippen LogP) is 4.15. The summed E-state index contributed by atoms with van der Waals surface area (Å²) in [6.07, 6.45) is 8.31. The summed E-state index contributed by atoms with van der Waals surface area (Å²) >= 11 is 0. The number of hydrogen-bond donors (Lipinski definition) is 0. The summed E-state index contributed by atoms with van der Waals surface area (Å²) in [4.78, 5) is 15.4. The van der Waals surface area contributed by atoms with E-state index in [1.807, 2.05) is 35.2 Å². The Kier molecular flexibility index (Phi) is 4.37. The molecular formula is C22H26N2O. The van der Waals surface area contributed by atoms with E-state index in [4.69, 9.17) is 5.26 Å². The van der Waals surface area contributed by atoms with Gasteiger partial charge in [-0.15, -0.1) is 6.58 Å². The molecule has 1 aromatic rings. The Balaban J connectivity index is 1.51. The van der Waals surface area contributed by atoms with Gasteiger partial charge >= 0.3 is 0 Å². The van der Waals surface area contributed by atoms with E-state index in [1.54, 1.807) is 0 Å². The maximum atomic E-state index is 13.4. The quantitative estimate of drug-likeness (QED) is 0.759. The summed E-state index contributed by atoms with van der Waals surface area (Å²) in [5.74, 6) is 3.55. The molecule has 25 heavy (non-hydrogen) atoms. The summed E-state index contributed by atoms with van der Waals surface area (Å²) in [6.45, 7) is 5.06. The van der Waals surface area contributed by atoms with Crippen molar-refractivity contribution in [1.82, 2.24) is 4.90 Å². The van der Waals surface area contributed by atoms with Crippen LogP contribution in [-0.2, 0) is 11.3 Å². The van der Waals surface area contributed by atoms with Crippen LogP contribution in [0.1, 0.15) is 43.2 Å². The number of carbonyl (C=O) groups is 1. The minimum absolute atomic E-state index is 0.228. The molecule has 0 atom stereocenters. The third-order valence-corrected chi connectivity index (χ3v) is 6.63. The molecule has 1 amide bonds. The molecule has 3 heteroatoms. The van der Waals surface area contributed by atoms with Crippen molar-refractivity contribution in [1.29, 1.82) is 5.26 Å². The van der Waals surface area contributed by atoms with Crippen molar-refractivity contribution in [2.24, 2.45) is 29.6 Å². The number of carbonyl (C=O) groups excluding carboxylic acids is 1. The van der Waals surface area contributed by atoms with Gasteiger partial charge in [-0.1, -0.05) is 18.2 Å². The van der Waals surface area contributed by atoms with Crippen molar-refractivity contribution in [3.8, 4) is 6.07 Å². The van der Waals surface area contributed by atoms with E-state index in [9.17, 15) is 4.79 Å². The molecule has 3 nitrogen and oxygen atoms in total. The second kappa shape index (κ2) is 6.67. The highest BCUT2D eigenvalue weighted by molar-refractivity contribution is 5.80. The predicted molar refractivity (Wildman–Crippen MR) is 97.3 cm³/mol. The van der Waals surface area contributed by atoms with Gasteiger partial charge in [0.1, 0.15) is 0 Å². The van der Waals surface area contributed by atoms with Crippen molar-refractivity contribution in [3.05, 3.63) is 48.0 Å². The smallest absolute Gasteiger partial charge is 0.226 e.